The standard InChI is InChI=1S/C7H13O2/c8-5-7(6-9)3-1-2-4-7/h3,8-9H,1-2,4-6H2. The third-order valence-electron chi connectivity index (χ3n) is 2.09. The largest absolute Gasteiger partial charge is 0.396 e. The van der Waals surface area contributed by atoms with Gasteiger partial charge < -0.3 is 10.2 Å². The Morgan fingerprint density at radius 2 is 2.00 bits per heavy atom. The van der Waals surface area contributed by atoms with Crippen LogP contribution < -0.4 is 0 Å². The molecule has 0 atom stereocenters. The summed E-state index contributed by atoms with van der Waals surface area (Å²) in [5, 5.41) is 17.7. The summed E-state index contributed by atoms with van der Waals surface area (Å²) in [7, 11) is 0. The minimum atomic E-state index is -0.236. The van der Waals surface area contributed by atoms with Crippen molar-refractivity contribution >= 4 is 0 Å². The monoisotopic (exact) mass is 129 g/mol. The highest BCUT2D eigenvalue weighted by atomic mass is 16.3. The van der Waals surface area contributed by atoms with Crippen LogP contribution in [0.5, 0.6) is 0 Å². The smallest absolute Gasteiger partial charge is 0.0512 e. The lowest BCUT2D eigenvalue weighted by atomic mass is 9.89. The summed E-state index contributed by atoms with van der Waals surface area (Å²) in [6.45, 7) is 0.201. The maximum absolute atomic E-state index is 8.83. The molecule has 1 saturated carbocycles. The quantitative estimate of drug-likeness (QED) is 0.564. The van der Waals surface area contributed by atoms with E-state index in [2.05, 4.69) is 0 Å². The molecule has 0 aliphatic heterocycles. The van der Waals surface area contributed by atoms with Crippen molar-refractivity contribution in [3.63, 3.8) is 0 Å². The Hall–Kier alpha value is -0.0800. The molecule has 0 bridgehead atoms. The van der Waals surface area contributed by atoms with Gasteiger partial charge >= 0.3 is 0 Å². The maximum Gasteiger partial charge on any atom is 0.0512 e. The van der Waals surface area contributed by atoms with E-state index in [1.165, 1.54) is 0 Å². The molecule has 0 amide bonds. The molecule has 0 spiro atoms. The number of hydrogen-bond acceptors (Lipinski definition) is 2. The fourth-order valence-corrected chi connectivity index (χ4v) is 1.30. The highest BCUT2D eigenvalue weighted by molar-refractivity contribution is 4.96. The van der Waals surface area contributed by atoms with E-state index in [0.717, 1.165) is 19.3 Å². The van der Waals surface area contributed by atoms with Crippen LogP contribution in [0.25, 0.3) is 0 Å². The third kappa shape index (κ3) is 1.25. The van der Waals surface area contributed by atoms with Crippen molar-refractivity contribution < 1.29 is 10.2 Å². The van der Waals surface area contributed by atoms with Crippen LogP contribution in [0.4, 0.5) is 0 Å². The molecule has 2 heteroatoms. The van der Waals surface area contributed by atoms with Crippen molar-refractivity contribution in [3.05, 3.63) is 6.42 Å². The zero-order valence-electron chi connectivity index (χ0n) is 5.51. The molecule has 1 rings (SSSR count). The van der Waals surface area contributed by atoms with Gasteiger partial charge in [-0.25, -0.2) is 0 Å². The van der Waals surface area contributed by atoms with Gasteiger partial charge in [0.1, 0.15) is 0 Å². The highest BCUT2D eigenvalue weighted by Gasteiger charge is 2.32. The fraction of sp³-hybridized carbons (Fsp3) is 0.857. The van der Waals surface area contributed by atoms with Crippen LogP contribution in [-0.4, -0.2) is 23.4 Å². The number of aliphatic hydroxyl groups is 2. The second-order valence-electron chi connectivity index (χ2n) is 2.77. The number of rotatable bonds is 2. The van der Waals surface area contributed by atoms with Gasteiger partial charge in [-0.2, -0.15) is 0 Å². The van der Waals surface area contributed by atoms with Gasteiger partial charge in [-0.15, -0.1) is 0 Å². The Labute approximate surface area is 55.5 Å². The molecule has 0 saturated heterocycles. The van der Waals surface area contributed by atoms with E-state index in [1.54, 1.807) is 0 Å². The minimum absolute atomic E-state index is 0.101. The highest BCUT2D eigenvalue weighted by Crippen LogP contribution is 2.35. The fourth-order valence-electron chi connectivity index (χ4n) is 1.30. The van der Waals surface area contributed by atoms with E-state index in [4.69, 9.17) is 10.2 Å². The molecule has 0 aromatic carbocycles. The molecular formula is C7H13O2. The Balaban J connectivity index is 2.45. The van der Waals surface area contributed by atoms with Crippen molar-refractivity contribution in [2.75, 3.05) is 13.2 Å². The Kier molecular flexibility index (Phi) is 2.09. The molecule has 1 fully saturated rings. The van der Waals surface area contributed by atoms with Gasteiger partial charge in [0.15, 0.2) is 0 Å². The Bertz CT molecular complexity index is 78.9. The van der Waals surface area contributed by atoms with E-state index in [1.807, 2.05) is 6.42 Å². The molecule has 53 valence electrons. The topological polar surface area (TPSA) is 40.5 Å². The molecule has 2 nitrogen and oxygen atoms in total. The summed E-state index contributed by atoms with van der Waals surface area (Å²) in [6, 6.07) is 0. The first-order valence-electron chi connectivity index (χ1n) is 3.39. The zero-order valence-corrected chi connectivity index (χ0v) is 5.51. The van der Waals surface area contributed by atoms with Gasteiger partial charge in [-0.3, -0.25) is 0 Å². The van der Waals surface area contributed by atoms with Crippen molar-refractivity contribution in [2.24, 2.45) is 5.41 Å². The first kappa shape index (κ1) is 7.03. The summed E-state index contributed by atoms with van der Waals surface area (Å²) in [4.78, 5) is 0. The third-order valence-corrected chi connectivity index (χ3v) is 2.09. The molecule has 1 radical (unpaired) electrons. The minimum Gasteiger partial charge on any atom is -0.396 e. The second kappa shape index (κ2) is 2.67. The van der Waals surface area contributed by atoms with Crippen LogP contribution in [-0.2, 0) is 0 Å². The molecule has 0 aromatic rings. The Morgan fingerprint density at radius 1 is 1.33 bits per heavy atom. The van der Waals surface area contributed by atoms with Crippen LogP contribution in [0.1, 0.15) is 19.3 Å². The van der Waals surface area contributed by atoms with Gasteiger partial charge in [0, 0.05) is 5.41 Å². The van der Waals surface area contributed by atoms with Crippen molar-refractivity contribution in [1.82, 2.24) is 0 Å². The first-order valence-corrected chi connectivity index (χ1v) is 3.39. The Morgan fingerprint density at radius 3 is 2.22 bits per heavy atom. The summed E-state index contributed by atoms with van der Waals surface area (Å²) in [6.07, 6.45) is 5.13. The summed E-state index contributed by atoms with van der Waals surface area (Å²) < 4.78 is 0. The molecule has 0 aromatic heterocycles. The van der Waals surface area contributed by atoms with Crippen molar-refractivity contribution in [2.45, 2.75) is 19.3 Å². The van der Waals surface area contributed by atoms with Crippen LogP contribution in [0.2, 0.25) is 0 Å². The summed E-state index contributed by atoms with van der Waals surface area (Å²) in [5.41, 5.74) is -0.236. The van der Waals surface area contributed by atoms with Gasteiger partial charge in [0.05, 0.1) is 13.2 Å². The molecule has 2 N–H and O–H groups in total. The summed E-state index contributed by atoms with van der Waals surface area (Å²) >= 11 is 0. The first-order chi connectivity index (χ1) is 4.33. The average Bonchev–Trinajstić information content (AvgIpc) is 2.36. The SMILES string of the molecule is OCC1(CO)[CH]CCC1. The molecule has 1 aliphatic carbocycles. The van der Waals surface area contributed by atoms with Crippen molar-refractivity contribution in [1.29, 1.82) is 0 Å². The molecule has 0 heterocycles. The van der Waals surface area contributed by atoms with Crippen LogP contribution in [0, 0.1) is 11.8 Å². The van der Waals surface area contributed by atoms with E-state index in [0.29, 0.717) is 0 Å². The second-order valence-corrected chi connectivity index (χ2v) is 2.77. The van der Waals surface area contributed by atoms with E-state index in [9.17, 15) is 0 Å². The number of aliphatic hydroxyl groups excluding tert-OH is 2. The number of hydrogen-bond donors (Lipinski definition) is 2. The molecule has 9 heavy (non-hydrogen) atoms. The lowest BCUT2D eigenvalue weighted by Gasteiger charge is -2.22. The van der Waals surface area contributed by atoms with Crippen LogP contribution >= 0.6 is 0 Å². The zero-order chi connectivity index (χ0) is 6.74. The van der Waals surface area contributed by atoms with E-state index in [-0.39, 0.29) is 18.6 Å². The van der Waals surface area contributed by atoms with Crippen molar-refractivity contribution in [3.8, 4) is 0 Å². The van der Waals surface area contributed by atoms with Crippen LogP contribution in [0.15, 0.2) is 0 Å². The van der Waals surface area contributed by atoms with Crippen LogP contribution in [0.3, 0.4) is 0 Å². The van der Waals surface area contributed by atoms with E-state index >= 15 is 0 Å². The summed E-state index contributed by atoms with van der Waals surface area (Å²) in [5.74, 6) is 0. The average molecular weight is 129 g/mol. The predicted octanol–water partition coefficient (Wildman–Crippen LogP) is 0.346. The normalized spacial score (nSPS) is 24.7. The van der Waals surface area contributed by atoms with Gasteiger partial charge in [-0.1, -0.05) is 6.42 Å². The van der Waals surface area contributed by atoms with Gasteiger partial charge in [-0.05, 0) is 19.3 Å². The molecular weight excluding hydrogens is 116 g/mol. The van der Waals surface area contributed by atoms with E-state index < -0.39 is 0 Å². The predicted molar refractivity (Wildman–Crippen MR) is 34.8 cm³/mol. The van der Waals surface area contributed by atoms with Gasteiger partial charge in [0.2, 0.25) is 0 Å². The maximum atomic E-state index is 8.83. The lowest BCUT2D eigenvalue weighted by Crippen LogP contribution is -2.26. The van der Waals surface area contributed by atoms with Gasteiger partial charge in [0.25, 0.3) is 0 Å². The lowest BCUT2D eigenvalue weighted by molar-refractivity contribution is 0.0866. The molecule has 1 aliphatic rings. The molecule has 0 unspecified atom stereocenters.